The summed E-state index contributed by atoms with van der Waals surface area (Å²) in [6, 6.07) is 6.83. The zero-order valence-electron chi connectivity index (χ0n) is 14.3. The normalized spacial score (nSPS) is 16.9. The van der Waals surface area contributed by atoms with Gasteiger partial charge in [-0.3, -0.25) is 9.89 Å². The van der Waals surface area contributed by atoms with E-state index in [0.29, 0.717) is 6.04 Å². The highest BCUT2D eigenvalue weighted by molar-refractivity contribution is 14.0. The van der Waals surface area contributed by atoms with Gasteiger partial charge >= 0.3 is 0 Å². The molecule has 0 aromatic carbocycles. The lowest BCUT2D eigenvalue weighted by atomic mass is 10.2. The lowest BCUT2D eigenvalue weighted by Crippen LogP contribution is -2.46. The molecule has 3 rings (SSSR count). The molecule has 1 aliphatic rings. The van der Waals surface area contributed by atoms with Gasteiger partial charge in [-0.25, -0.2) is 0 Å². The number of hydrogen-bond acceptors (Lipinski definition) is 5. The number of nitrogens with one attached hydrogen (secondary N) is 2. The third kappa shape index (κ3) is 6.21. The first kappa shape index (κ1) is 20.6. The largest absolute Gasteiger partial charge is 0.379 e. The Bertz CT molecular complexity index is 613. The summed E-state index contributed by atoms with van der Waals surface area (Å²) in [5, 5.41) is 13.3. The van der Waals surface area contributed by atoms with Crippen LogP contribution in [0, 0.1) is 0 Å². The Hall–Kier alpha value is -0.680. The zero-order valence-corrected chi connectivity index (χ0v) is 18.3. The average Bonchev–Trinajstić information content (AvgIpc) is 3.32. The van der Waals surface area contributed by atoms with Crippen molar-refractivity contribution in [3.05, 3.63) is 44.8 Å². The predicted octanol–water partition coefficient (Wildman–Crippen LogP) is 3.17. The predicted molar refractivity (Wildman–Crippen MR) is 117 cm³/mol. The van der Waals surface area contributed by atoms with E-state index in [9.17, 15) is 0 Å². The van der Waals surface area contributed by atoms with Crippen LogP contribution in [0.2, 0.25) is 0 Å². The first-order chi connectivity index (χ1) is 11.9. The average molecular weight is 492 g/mol. The van der Waals surface area contributed by atoms with E-state index < -0.39 is 0 Å². The Labute approximate surface area is 174 Å². The van der Waals surface area contributed by atoms with E-state index in [1.165, 1.54) is 10.4 Å². The van der Waals surface area contributed by atoms with E-state index in [0.717, 1.165) is 45.4 Å². The number of aliphatic imine (C=N–C) groups is 1. The van der Waals surface area contributed by atoms with Crippen molar-refractivity contribution in [2.75, 3.05) is 39.9 Å². The Balaban J connectivity index is 0.00000225. The van der Waals surface area contributed by atoms with Gasteiger partial charge in [0.05, 0.1) is 19.3 Å². The summed E-state index contributed by atoms with van der Waals surface area (Å²) < 4.78 is 5.50. The van der Waals surface area contributed by atoms with Gasteiger partial charge in [0.1, 0.15) is 0 Å². The maximum absolute atomic E-state index is 5.50. The fourth-order valence-corrected chi connectivity index (χ4v) is 4.30. The second kappa shape index (κ2) is 11.1. The molecule has 1 fully saturated rings. The first-order valence-corrected chi connectivity index (χ1v) is 10.00. The number of halogens is 1. The van der Waals surface area contributed by atoms with Gasteiger partial charge in [-0.1, -0.05) is 6.07 Å². The van der Waals surface area contributed by atoms with Crippen LogP contribution in [0.1, 0.15) is 16.5 Å². The van der Waals surface area contributed by atoms with E-state index in [1.807, 2.05) is 18.4 Å². The number of hydrogen-bond donors (Lipinski definition) is 2. The second-order valence-electron chi connectivity index (χ2n) is 5.62. The molecule has 0 amide bonds. The topological polar surface area (TPSA) is 48.9 Å². The van der Waals surface area contributed by atoms with Crippen LogP contribution in [0.5, 0.6) is 0 Å². The summed E-state index contributed by atoms with van der Waals surface area (Å²) in [6.07, 6.45) is 0. The molecule has 0 bridgehead atoms. The summed E-state index contributed by atoms with van der Waals surface area (Å²) in [6.45, 7) is 5.21. The maximum atomic E-state index is 5.50. The summed E-state index contributed by atoms with van der Waals surface area (Å²) in [5.74, 6) is 0.844. The van der Waals surface area contributed by atoms with Crippen LogP contribution in [0.4, 0.5) is 0 Å². The Morgan fingerprint density at radius 3 is 2.76 bits per heavy atom. The van der Waals surface area contributed by atoms with Crippen molar-refractivity contribution in [3.63, 3.8) is 0 Å². The van der Waals surface area contributed by atoms with Crippen molar-refractivity contribution >= 4 is 52.6 Å². The molecule has 1 unspecified atom stereocenters. The third-order valence-electron chi connectivity index (χ3n) is 4.08. The Kier molecular flexibility index (Phi) is 9.18. The molecule has 0 aliphatic carbocycles. The molecule has 5 nitrogen and oxygen atoms in total. The van der Waals surface area contributed by atoms with Gasteiger partial charge in [0, 0.05) is 38.1 Å². The van der Waals surface area contributed by atoms with Crippen LogP contribution in [-0.2, 0) is 11.3 Å². The van der Waals surface area contributed by atoms with Gasteiger partial charge < -0.3 is 15.4 Å². The summed E-state index contributed by atoms with van der Waals surface area (Å²) >= 11 is 3.53. The Morgan fingerprint density at radius 1 is 1.28 bits per heavy atom. The molecular formula is C17H25IN4OS2. The molecule has 1 aliphatic heterocycles. The molecule has 138 valence electrons. The van der Waals surface area contributed by atoms with Crippen LogP contribution in [-0.4, -0.2) is 50.8 Å². The molecule has 3 heterocycles. The monoisotopic (exact) mass is 492 g/mol. The number of guanidine groups is 1. The Morgan fingerprint density at radius 2 is 2.12 bits per heavy atom. The fourth-order valence-electron chi connectivity index (χ4n) is 2.77. The summed E-state index contributed by atoms with van der Waals surface area (Å²) in [4.78, 5) is 8.23. The molecule has 1 atom stereocenters. The smallest absolute Gasteiger partial charge is 0.191 e. The van der Waals surface area contributed by atoms with E-state index in [4.69, 9.17) is 4.74 Å². The van der Waals surface area contributed by atoms with E-state index in [2.05, 4.69) is 54.9 Å². The van der Waals surface area contributed by atoms with Crippen LogP contribution in [0.25, 0.3) is 0 Å². The second-order valence-corrected chi connectivity index (χ2v) is 7.38. The van der Waals surface area contributed by atoms with Crippen molar-refractivity contribution in [2.24, 2.45) is 4.99 Å². The fraction of sp³-hybridized carbons (Fsp3) is 0.471. The third-order valence-corrected chi connectivity index (χ3v) is 5.79. The minimum Gasteiger partial charge on any atom is -0.379 e. The molecule has 2 aromatic heterocycles. The SMILES string of the molecule is CN=C(NCc1ccsc1)NCC(c1cccs1)N1CCOCC1.I. The number of thiophene rings is 2. The number of ether oxygens (including phenoxy) is 1. The summed E-state index contributed by atoms with van der Waals surface area (Å²) in [7, 11) is 1.82. The van der Waals surface area contributed by atoms with Crippen molar-refractivity contribution in [2.45, 2.75) is 12.6 Å². The first-order valence-electron chi connectivity index (χ1n) is 8.17. The van der Waals surface area contributed by atoms with Gasteiger partial charge in [-0.15, -0.1) is 35.3 Å². The van der Waals surface area contributed by atoms with E-state index >= 15 is 0 Å². The molecule has 0 radical (unpaired) electrons. The van der Waals surface area contributed by atoms with Crippen LogP contribution in [0.15, 0.2) is 39.3 Å². The highest BCUT2D eigenvalue weighted by Gasteiger charge is 2.23. The number of nitrogens with zero attached hydrogens (tertiary/aromatic N) is 2. The molecular weight excluding hydrogens is 467 g/mol. The molecule has 0 spiro atoms. The number of morpholine rings is 1. The highest BCUT2D eigenvalue weighted by Crippen LogP contribution is 2.25. The highest BCUT2D eigenvalue weighted by atomic mass is 127. The molecule has 1 saturated heterocycles. The van der Waals surface area contributed by atoms with Gasteiger partial charge in [0.25, 0.3) is 0 Å². The minimum atomic E-state index is 0. The van der Waals surface area contributed by atoms with Crippen molar-refractivity contribution in [1.82, 2.24) is 15.5 Å². The van der Waals surface area contributed by atoms with Gasteiger partial charge in [0.15, 0.2) is 5.96 Å². The quantitative estimate of drug-likeness (QED) is 0.370. The molecule has 2 aromatic rings. The van der Waals surface area contributed by atoms with Crippen molar-refractivity contribution in [3.8, 4) is 0 Å². The standard InChI is InChI=1S/C17H24N4OS2.HI/c1-18-17(19-11-14-4-10-23-13-14)20-12-15(16-3-2-9-24-16)21-5-7-22-8-6-21;/h2-4,9-10,13,15H,5-8,11-12H2,1H3,(H2,18,19,20);1H. The molecule has 8 heteroatoms. The van der Waals surface area contributed by atoms with Gasteiger partial charge in [0.2, 0.25) is 0 Å². The maximum Gasteiger partial charge on any atom is 0.191 e. The lowest BCUT2D eigenvalue weighted by molar-refractivity contribution is 0.0177. The van der Waals surface area contributed by atoms with Crippen molar-refractivity contribution in [1.29, 1.82) is 0 Å². The molecule has 25 heavy (non-hydrogen) atoms. The van der Waals surface area contributed by atoms with Crippen LogP contribution in [0.3, 0.4) is 0 Å². The zero-order chi connectivity index (χ0) is 16.6. The van der Waals surface area contributed by atoms with Crippen molar-refractivity contribution < 1.29 is 4.74 Å². The minimum absolute atomic E-state index is 0. The number of rotatable bonds is 6. The van der Waals surface area contributed by atoms with E-state index in [1.54, 1.807) is 11.3 Å². The lowest BCUT2D eigenvalue weighted by Gasteiger charge is -2.34. The van der Waals surface area contributed by atoms with E-state index in [-0.39, 0.29) is 24.0 Å². The molecule has 2 N–H and O–H groups in total. The molecule has 0 saturated carbocycles. The van der Waals surface area contributed by atoms with Gasteiger partial charge in [-0.2, -0.15) is 11.3 Å². The van der Waals surface area contributed by atoms with Gasteiger partial charge in [-0.05, 0) is 33.8 Å². The van der Waals surface area contributed by atoms with Crippen LogP contribution < -0.4 is 10.6 Å². The summed E-state index contributed by atoms with van der Waals surface area (Å²) in [5.41, 5.74) is 1.28. The van der Waals surface area contributed by atoms with Crippen LogP contribution >= 0.6 is 46.7 Å².